The summed E-state index contributed by atoms with van der Waals surface area (Å²) >= 11 is 5.89. The molecule has 0 aromatic heterocycles. The van der Waals surface area contributed by atoms with Gasteiger partial charge in [0.1, 0.15) is 0 Å². The van der Waals surface area contributed by atoms with Crippen LogP contribution in [0.15, 0.2) is 24.3 Å². The van der Waals surface area contributed by atoms with Crippen LogP contribution < -0.4 is 5.73 Å². The molecular formula is C9H11ClN. The lowest BCUT2D eigenvalue weighted by Crippen LogP contribution is -2.29. The molecule has 1 radical (unpaired) electrons. The molecule has 0 saturated carbocycles. The van der Waals surface area contributed by atoms with Crippen molar-refractivity contribution in [2.45, 2.75) is 12.5 Å². The smallest absolute Gasteiger partial charge is 0.0456 e. The van der Waals surface area contributed by atoms with E-state index in [4.69, 9.17) is 17.3 Å². The highest BCUT2D eigenvalue weighted by Crippen LogP contribution is 2.24. The van der Waals surface area contributed by atoms with Gasteiger partial charge in [0.05, 0.1) is 0 Å². The van der Waals surface area contributed by atoms with Gasteiger partial charge >= 0.3 is 0 Å². The predicted octanol–water partition coefficient (Wildman–Crippen LogP) is 2.35. The standard InChI is InChI=1S/C9H11ClN/c1-9(2,11)7-5-3-4-6-8(7)10/h3-6H,1,11H2,2H3/t9-/m1/s1. The van der Waals surface area contributed by atoms with Crippen molar-refractivity contribution in [2.75, 3.05) is 0 Å². The third kappa shape index (κ3) is 1.95. The fraction of sp³-hybridized carbons (Fsp3) is 0.222. The molecule has 1 atom stereocenters. The maximum Gasteiger partial charge on any atom is 0.0456 e. The second-order valence-electron chi connectivity index (χ2n) is 2.90. The number of rotatable bonds is 1. The van der Waals surface area contributed by atoms with Crippen molar-refractivity contribution in [1.29, 1.82) is 0 Å². The van der Waals surface area contributed by atoms with Crippen molar-refractivity contribution in [2.24, 2.45) is 5.73 Å². The first kappa shape index (κ1) is 8.57. The molecule has 1 aromatic carbocycles. The average molecular weight is 169 g/mol. The van der Waals surface area contributed by atoms with E-state index >= 15 is 0 Å². The Kier molecular flexibility index (Phi) is 2.21. The van der Waals surface area contributed by atoms with Gasteiger partial charge in [-0.1, -0.05) is 29.8 Å². The van der Waals surface area contributed by atoms with E-state index in [0.717, 1.165) is 5.56 Å². The summed E-state index contributed by atoms with van der Waals surface area (Å²) in [6.45, 7) is 5.62. The number of hydrogen-bond acceptors (Lipinski definition) is 1. The van der Waals surface area contributed by atoms with Crippen LogP contribution >= 0.6 is 11.6 Å². The number of benzene rings is 1. The molecule has 0 saturated heterocycles. The molecule has 0 amide bonds. The van der Waals surface area contributed by atoms with Gasteiger partial charge in [0, 0.05) is 10.6 Å². The van der Waals surface area contributed by atoms with Gasteiger partial charge in [-0.25, -0.2) is 0 Å². The summed E-state index contributed by atoms with van der Waals surface area (Å²) in [6.07, 6.45) is 0. The summed E-state index contributed by atoms with van der Waals surface area (Å²) in [6, 6.07) is 7.47. The molecule has 0 fully saturated rings. The van der Waals surface area contributed by atoms with E-state index in [2.05, 4.69) is 6.92 Å². The summed E-state index contributed by atoms with van der Waals surface area (Å²) in [5, 5.41) is 0.674. The maximum absolute atomic E-state index is 5.89. The Hall–Kier alpha value is -0.530. The minimum atomic E-state index is -0.599. The van der Waals surface area contributed by atoms with Gasteiger partial charge in [-0.3, -0.25) is 0 Å². The van der Waals surface area contributed by atoms with Crippen molar-refractivity contribution >= 4 is 11.6 Å². The Morgan fingerprint density at radius 1 is 1.45 bits per heavy atom. The van der Waals surface area contributed by atoms with Gasteiger partial charge in [0.2, 0.25) is 0 Å². The Bertz CT molecular complexity index is 250. The van der Waals surface area contributed by atoms with Crippen LogP contribution in [-0.2, 0) is 5.54 Å². The van der Waals surface area contributed by atoms with Crippen LogP contribution in [0.4, 0.5) is 0 Å². The van der Waals surface area contributed by atoms with E-state index in [9.17, 15) is 0 Å². The molecular weight excluding hydrogens is 158 g/mol. The summed E-state index contributed by atoms with van der Waals surface area (Å²) < 4.78 is 0. The molecule has 0 unspecified atom stereocenters. The second-order valence-corrected chi connectivity index (χ2v) is 3.30. The lowest BCUT2D eigenvalue weighted by atomic mass is 9.96. The van der Waals surface area contributed by atoms with Gasteiger partial charge in [-0.2, -0.15) is 0 Å². The molecule has 1 aromatic rings. The quantitative estimate of drug-likeness (QED) is 0.685. The zero-order valence-electron chi connectivity index (χ0n) is 6.47. The summed E-state index contributed by atoms with van der Waals surface area (Å²) in [7, 11) is 0. The van der Waals surface area contributed by atoms with E-state index in [0.29, 0.717) is 5.02 Å². The van der Waals surface area contributed by atoms with Gasteiger partial charge < -0.3 is 5.73 Å². The van der Waals surface area contributed by atoms with Gasteiger partial charge in [0.25, 0.3) is 0 Å². The Labute approximate surface area is 72.2 Å². The minimum absolute atomic E-state index is 0.599. The molecule has 0 aliphatic carbocycles. The molecule has 11 heavy (non-hydrogen) atoms. The van der Waals surface area contributed by atoms with E-state index < -0.39 is 5.54 Å². The molecule has 2 heteroatoms. The van der Waals surface area contributed by atoms with Crippen LogP contribution in [0, 0.1) is 6.92 Å². The van der Waals surface area contributed by atoms with Crippen LogP contribution in [0.25, 0.3) is 0 Å². The second kappa shape index (κ2) is 2.84. The van der Waals surface area contributed by atoms with E-state index in [-0.39, 0.29) is 0 Å². The Morgan fingerprint density at radius 3 is 2.36 bits per heavy atom. The fourth-order valence-corrected chi connectivity index (χ4v) is 1.28. The molecule has 0 bridgehead atoms. The normalized spacial score (nSPS) is 11.6. The van der Waals surface area contributed by atoms with E-state index in [1.165, 1.54) is 0 Å². The molecule has 0 spiro atoms. The SMILES string of the molecule is [CH2][C@](C)(N)c1ccccc1Cl. The Balaban J connectivity index is 3.14. The van der Waals surface area contributed by atoms with E-state index in [1.807, 2.05) is 31.2 Å². The van der Waals surface area contributed by atoms with Crippen molar-refractivity contribution in [3.8, 4) is 0 Å². The molecule has 0 heterocycles. The molecule has 1 rings (SSSR count). The molecule has 0 aliphatic rings. The third-order valence-corrected chi connectivity index (χ3v) is 1.82. The lowest BCUT2D eigenvalue weighted by molar-refractivity contribution is 0.625. The van der Waals surface area contributed by atoms with Crippen LogP contribution in [0.2, 0.25) is 5.02 Å². The summed E-state index contributed by atoms with van der Waals surface area (Å²) in [4.78, 5) is 0. The Morgan fingerprint density at radius 2 is 2.00 bits per heavy atom. The van der Waals surface area contributed by atoms with Crippen LogP contribution in [0.1, 0.15) is 12.5 Å². The summed E-state index contributed by atoms with van der Waals surface area (Å²) in [5.41, 5.74) is 6.04. The lowest BCUT2D eigenvalue weighted by Gasteiger charge is -2.19. The van der Waals surface area contributed by atoms with Crippen molar-refractivity contribution in [3.63, 3.8) is 0 Å². The molecule has 59 valence electrons. The number of nitrogens with two attached hydrogens (primary N) is 1. The molecule has 2 N–H and O–H groups in total. The average Bonchev–Trinajstić information content (AvgIpc) is 1.86. The highest BCUT2D eigenvalue weighted by atomic mass is 35.5. The van der Waals surface area contributed by atoms with E-state index in [1.54, 1.807) is 0 Å². The first-order valence-electron chi connectivity index (χ1n) is 3.41. The molecule has 0 aliphatic heterocycles. The van der Waals surface area contributed by atoms with Crippen molar-refractivity contribution < 1.29 is 0 Å². The first-order valence-corrected chi connectivity index (χ1v) is 3.79. The van der Waals surface area contributed by atoms with Crippen molar-refractivity contribution in [3.05, 3.63) is 41.8 Å². The topological polar surface area (TPSA) is 26.0 Å². The molecule has 1 nitrogen and oxygen atoms in total. The highest BCUT2D eigenvalue weighted by molar-refractivity contribution is 6.31. The van der Waals surface area contributed by atoms with Gasteiger partial charge in [-0.05, 0) is 25.5 Å². The largest absolute Gasteiger partial charge is 0.322 e. The predicted molar refractivity (Wildman–Crippen MR) is 48.3 cm³/mol. The van der Waals surface area contributed by atoms with Crippen LogP contribution in [0.3, 0.4) is 0 Å². The summed E-state index contributed by atoms with van der Waals surface area (Å²) in [5.74, 6) is 0. The zero-order chi connectivity index (χ0) is 8.48. The minimum Gasteiger partial charge on any atom is -0.322 e. The van der Waals surface area contributed by atoms with Gasteiger partial charge in [0.15, 0.2) is 0 Å². The number of hydrogen-bond donors (Lipinski definition) is 1. The third-order valence-electron chi connectivity index (χ3n) is 1.49. The maximum atomic E-state index is 5.89. The van der Waals surface area contributed by atoms with Gasteiger partial charge in [-0.15, -0.1) is 0 Å². The van der Waals surface area contributed by atoms with Crippen molar-refractivity contribution in [1.82, 2.24) is 0 Å². The van der Waals surface area contributed by atoms with Crippen LogP contribution in [-0.4, -0.2) is 0 Å². The van der Waals surface area contributed by atoms with Crippen LogP contribution in [0.5, 0.6) is 0 Å². The number of halogens is 1. The highest BCUT2D eigenvalue weighted by Gasteiger charge is 2.16. The fourth-order valence-electron chi connectivity index (χ4n) is 0.924. The first-order chi connectivity index (χ1) is 5.02. The zero-order valence-corrected chi connectivity index (χ0v) is 7.23. The monoisotopic (exact) mass is 168 g/mol.